The molecule has 0 saturated carbocycles. The van der Waals surface area contributed by atoms with Crippen LogP contribution >= 0.6 is 11.9 Å². The van der Waals surface area contributed by atoms with Gasteiger partial charge >= 0.3 is 6.18 Å². The van der Waals surface area contributed by atoms with Crippen molar-refractivity contribution in [3.63, 3.8) is 0 Å². The van der Waals surface area contributed by atoms with Crippen molar-refractivity contribution >= 4 is 29.2 Å². The van der Waals surface area contributed by atoms with E-state index in [0.29, 0.717) is 23.2 Å². The summed E-state index contributed by atoms with van der Waals surface area (Å²) in [5.74, 6) is -0.447. The number of hydrogen-bond acceptors (Lipinski definition) is 6. The van der Waals surface area contributed by atoms with Gasteiger partial charge in [0.1, 0.15) is 11.5 Å². The molecule has 1 aliphatic heterocycles. The molecule has 1 heterocycles. The Bertz CT molecular complexity index is 1170. The predicted octanol–water partition coefficient (Wildman–Crippen LogP) is 5.71. The second-order valence-electron chi connectivity index (χ2n) is 7.73. The zero-order chi connectivity index (χ0) is 26.5. The second-order valence-corrected chi connectivity index (χ2v) is 8.62. The van der Waals surface area contributed by atoms with Crippen LogP contribution in [-0.4, -0.2) is 41.3 Å². The Labute approximate surface area is 208 Å². The molecule has 36 heavy (non-hydrogen) atoms. The van der Waals surface area contributed by atoms with E-state index < -0.39 is 36.4 Å². The van der Waals surface area contributed by atoms with Gasteiger partial charge in [0.2, 0.25) is 0 Å². The van der Waals surface area contributed by atoms with Crippen LogP contribution in [0.25, 0.3) is 5.70 Å². The van der Waals surface area contributed by atoms with Gasteiger partial charge in [0.05, 0.1) is 17.9 Å². The monoisotopic (exact) mass is 527 g/mol. The number of rotatable bonds is 11. The lowest BCUT2D eigenvalue weighted by molar-refractivity contribution is -0.0592. The van der Waals surface area contributed by atoms with E-state index in [1.165, 1.54) is 18.0 Å². The molecule has 0 atom stereocenters. The van der Waals surface area contributed by atoms with Crippen molar-refractivity contribution in [3.8, 4) is 0 Å². The van der Waals surface area contributed by atoms with Gasteiger partial charge in [-0.05, 0) is 17.9 Å². The lowest BCUT2D eigenvalue weighted by atomic mass is 10.1. The highest BCUT2D eigenvalue weighted by molar-refractivity contribution is 7.96. The van der Waals surface area contributed by atoms with Gasteiger partial charge in [-0.15, -0.1) is 0 Å². The zero-order valence-electron chi connectivity index (χ0n) is 19.2. The third-order valence-electron chi connectivity index (χ3n) is 5.16. The fourth-order valence-electron chi connectivity index (χ4n) is 3.14. The highest BCUT2D eigenvalue weighted by Crippen LogP contribution is 2.24. The van der Waals surface area contributed by atoms with Crippen LogP contribution in [0.5, 0.6) is 0 Å². The lowest BCUT2D eigenvalue weighted by Gasteiger charge is -2.20. The Hall–Kier alpha value is -3.25. The van der Waals surface area contributed by atoms with Gasteiger partial charge in [-0.25, -0.2) is 22.5 Å². The topological polar surface area (TPSA) is 52.0 Å². The van der Waals surface area contributed by atoms with Crippen molar-refractivity contribution in [1.29, 1.82) is 0 Å². The highest BCUT2D eigenvalue weighted by Gasteiger charge is 2.37. The minimum absolute atomic E-state index is 0.0440. The van der Waals surface area contributed by atoms with Crippen molar-refractivity contribution < 1.29 is 26.3 Å². The highest BCUT2D eigenvalue weighted by atomic mass is 32.2. The van der Waals surface area contributed by atoms with Gasteiger partial charge in [-0.2, -0.15) is 13.2 Å². The number of benzene rings is 2. The Morgan fingerprint density at radius 2 is 1.78 bits per heavy atom. The number of alkyl halides is 5. The predicted molar refractivity (Wildman–Crippen MR) is 131 cm³/mol. The molecule has 1 aliphatic rings. The quantitative estimate of drug-likeness (QED) is 0.223. The molecule has 0 bridgehead atoms. The minimum Gasteiger partial charge on any atom is -0.301 e. The van der Waals surface area contributed by atoms with Gasteiger partial charge in [-0.1, -0.05) is 61.5 Å². The summed E-state index contributed by atoms with van der Waals surface area (Å²) < 4.78 is 80.0. The number of halogens is 6. The van der Waals surface area contributed by atoms with E-state index in [1.54, 1.807) is 36.4 Å². The fraction of sp³-hybridized carbons (Fsp3) is 0.250. The van der Waals surface area contributed by atoms with Crippen LogP contribution in [0.4, 0.5) is 26.3 Å². The molecule has 0 spiro atoms. The number of allylic oxidation sites excluding steroid dienone is 1. The molecule has 2 aromatic rings. The summed E-state index contributed by atoms with van der Waals surface area (Å²) in [4.78, 5) is 7.44. The molecule has 0 aliphatic carbocycles. The van der Waals surface area contributed by atoms with Gasteiger partial charge in [-0.3, -0.25) is 10.4 Å². The van der Waals surface area contributed by atoms with E-state index in [4.69, 9.17) is 0 Å². The third kappa shape index (κ3) is 7.14. The molecule has 2 aromatic carbocycles. The zero-order valence-corrected chi connectivity index (χ0v) is 20.0. The van der Waals surface area contributed by atoms with E-state index in [1.807, 2.05) is 10.6 Å². The largest absolute Gasteiger partial charge is 0.431 e. The van der Waals surface area contributed by atoms with Crippen molar-refractivity contribution in [3.05, 3.63) is 89.4 Å². The molecule has 12 heteroatoms. The summed E-state index contributed by atoms with van der Waals surface area (Å²) in [6.07, 6.45) is -5.42. The van der Waals surface area contributed by atoms with E-state index in [-0.39, 0.29) is 18.1 Å². The first kappa shape index (κ1) is 27.3. The average molecular weight is 528 g/mol. The van der Waals surface area contributed by atoms with Crippen LogP contribution in [0.1, 0.15) is 22.3 Å². The van der Waals surface area contributed by atoms with Crippen LogP contribution < -0.4 is 10.9 Å². The molecule has 0 saturated heterocycles. The van der Waals surface area contributed by atoms with Crippen LogP contribution in [0.2, 0.25) is 0 Å². The first-order chi connectivity index (χ1) is 17.0. The van der Waals surface area contributed by atoms with E-state index >= 15 is 0 Å². The maximum atomic E-state index is 14.7. The number of aliphatic imine (C=N–C) groups is 2. The third-order valence-corrected chi connectivity index (χ3v) is 5.94. The van der Waals surface area contributed by atoms with Crippen molar-refractivity contribution in [2.75, 3.05) is 12.8 Å². The molecule has 0 unspecified atom stereocenters. The standard InChI is InChI=1S/C24H23F6N5S/c1-14(33-34-15(2)22(26)27)18-8-9-19(20(25)10-18)13-35(36-3)12-16-4-6-17(7-5-16)23-31-11-21(32-23)24(28,29)30/h4-10,22,33-34H,1-2,11-13H2,3H3. The normalized spacial score (nSPS) is 13.6. The Kier molecular flexibility index (Phi) is 8.85. The Morgan fingerprint density at radius 3 is 2.33 bits per heavy atom. The van der Waals surface area contributed by atoms with E-state index in [2.05, 4.69) is 34.0 Å². The molecule has 0 amide bonds. The summed E-state index contributed by atoms with van der Waals surface area (Å²) in [6, 6.07) is 11.3. The molecule has 5 nitrogen and oxygen atoms in total. The molecule has 192 valence electrons. The number of nitrogens with zero attached hydrogens (tertiary/aromatic N) is 3. The van der Waals surface area contributed by atoms with Gasteiger partial charge < -0.3 is 5.43 Å². The molecule has 0 aromatic heterocycles. The maximum Gasteiger partial charge on any atom is 0.431 e. The first-order valence-electron chi connectivity index (χ1n) is 10.5. The van der Waals surface area contributed by atoms with Crippen molar-refractivity contribution in [2.24, 2.45) is 9.98 Å². The fourth-order valence-corrected chi connectivity index (χ4v) is 3.69. The van der Waals surface area contributed by atoms with Gasteiger partial charge in [0.15, 0.2) is 5.84 Å². The lowest BCUT2D eigenvalue weighted by Crippen LogP contribution is -2.31. The van der Waals surface area contributed by atoms with E-state index in [0.717, 1.165) is 5.56 Å². The number of hydrogen-bond donors (Lipinski definition) is 2. The maximum absolute atomic E-state index is 14.7. The Morgan fingerprint density at radius 1 is 1.08 bits per heavy atom. The van der Waals surface area contributed by atoms with Crippen LogP contribution in [0.3, 0.4) is 0 Å². The van der Waals surface area contributed by atoms with Crippen LogP contribution in [0, 0.1) is 5.82 Å². The van der Waals surface area contributed by atoms with Crippen molar-refractivity contribution in [1.82, 2.24) is 15.2 Å². The summed E-state index contributed by atoms with van der Waals surface area (Å²) in [5, 5.41) is 0. The summed E-state index contributed by atoms with van der Waals surface area (Å²) >= 11 is 1.40. The number of hydrazine groups is 1. The summed E-state index contributed by atoms with van der Waals surface area (Å²) in [5.41, 5.74) is 5.57. The summed E-state index contributed by atoms with van der Waals surface area (Å²) in [7, 11) is 0. The van der Waals surface area contributed by atoms with Gasteiger partial charge in [0, 0.05) is 29.8 Å². The number of amidine groups is 1. The van der Waals surface area contributed by atoms with E-state index in [9.17, 15) is 26.3 Å². The molecular weight excluding hydrogens is 504 g/mol. The number of nitrogens with one attached hydrogen (secondary N) is 2. The molecule has 3 rings (SSSR count). The average Bonchev–Trinajstić information content (AvgIpc) is 3.34. The minimum atomic E-state index is -4.50. The van der Waals surface area contributed by atoms with Crippen LogP contribution in [-0.2, 0) is 13.1 Å². The first-order valence-corrected chi connectivity index (χ1v) is 11.7. The SMILES string of the molecule is C=C(NNC(=C)C(F)F)c1ccc(CN(Cc2ccc(C3=NCC(C(F)(F)F)=N3)cc2)SC)c(F)c1. The molecular formula is C24H23F6N5S. The molecule has 0 fully saturated rings. The smallest absolute Gasteiger partial charge is 0.301 e. The van der Waals surface area contributed by atoms with Crippen LogP contribution in [0.15, 0.2) is 71.3 Å². The molecule has 2 N–H and O–H groups in total. The second kappa shape index (κ2) is 11.7. The van der Waals surface area contributed by atoms with Crippen molar-refractivity contribution in [2.45, 2.75) is 25.7 Å². The molecule has 0 radical (unpaired) electrons. The van der Waals surface area contributed by atoms with Gasteiger partial charge in [0.25, 0.3) is 6.43 Å². The summed E-state index contributed by atoms with van der Waals surface area (Å²) in [6.45, 7) is 7.08. The Balaban J connectivity index is 1.61.